The average molecular weight is 398 g/mol. The van der Waals surface area contributed by atoms with E-state index in [4.69, 9.17) is 9.72 Å². The van der Waals surface area contributed by atoms with Gasteiger partial charge in [-0.2, -0.15) is 0 Å². The highest BCUT2D eigenvalue weighted by Gasteiger charge is 2.27. The predicted molar refractivity (Wildman–Crippen MR) is 116 cm³/mol. The Balaban J connectivity index is 1.60. The summed E-state index contributed by atoms with van der Waals surface area (Å²) in [6, 6.07) is 0. The molecule has 5 rings (SSSR count). The molecule has 4 heterocycles. The van der Waals surface area contributed by atoms with Gasteiger partial charge in [-0.25, -0.2) is 15.0 Å². The molecule has 1 N–H and O–H groups in total. The first kappa shape index (κ1) is 18.1. The summed E-state index contributed by atoms with van der Waals surface area (Å²) < 4.78 is 6.70. The summed E-state index contributed by atoms with van der Waals surface area (Å²) in [7, 11) is 0. The summed E-state index contributed by atoms with van der Waals surface area (Å²) in [6.45, 7) is 6.63. The highest BCUT2D eigenvalue weighted by atomic mass is 32.1. The number of nitrogens with one attached hydrogen (secondary N) is 1. The molecule has 6 nitrogen and oxygen atoms in total. The summed E-state index contributed by atoms with van der Waals surface area (Å²) in [6.07, 6.45) is 8.79. The first-order valence-electron chi connectivity index (χ1n) is 10.5. The predicted octanol–water partition coefficient (Wildman–Crippen LogP) is 4.17. The van der Waals surface area contributed by atoms with E-state index >= 15 is 0 Å². The molecule has 1 aliphatic carbocycles. The Hall–Kier alpha value is -1.99. The van der Waals surface area contributed by atoms with Crippen molar-refractivity contribution in [3.63, 3.8) is 0 Å². The minimum absolute atomic E-state index is 0.790. The molecule has 28 heavy (non-hydrogen) atoms. The Kier molecular flexibility index (Phi) is 5.03. The number of ether oxygens (including phenoxy) is 1. The molecule has 0 saturated carbocycles. The molecule has 1 saturated heterocycles. The van der Waals surface area contributed by atoms with Crippen LogP contribution in [0.2, 0.25) is 0 Å². The van der Waals surface area contributed by atoms with Gasteiger partial charge in [0.15, 0.2) is 0 Å². The number of morpholine rings is 1. The van der Waals surface area contributed by atoms with Crippen LogP contribution >= 0.6 is 11.3 Å². The zero-order valence-corrected chi connectivity index (χ0v) is 17.3. The lowest BCUT2D eigenvalue weighted by Crippen LogP contribution is -2.37. The van der Waals surface area contributed by atoms with Crippen molar-refractivity contribution in [3.8, 4) is 0 Å². The molecule has 148 valence electrons. The third-order valence-corrected chi connectivity index (χ3v) is 6.91. The van der Waals surface area contributed by atoms with Crippen LogP contribution < -0.4 is 10.2 Å². The van der Waals surface area contributed by atoms with Gasteiger partial charge in [-0.3, -0.25) is 0 Å². The van der Waals surface area contributed by atoms with Gasteiger partial charge in [-0.1, -0.05) is 19.8 Å². The van der Waals surface area contributed by atoms with Gasteiger partial charge in [0.1, 0.15) is 22.8 Å². The minimum Gasteiger partial charge on any atom is -0.378 e. The Morgan fingerprint density at radius 2 is 2.00 bits per heavy atom. The van der Waals surface area contributed by atoms with Crippen molar-refractivity contribution in [1.29, 1.82) is 0 Å². The maximum absolute atomic E-state index is 5.55. The largest absolute Gasteiger partial charge is 0.378 e. The number of rotatable bonds is 6. The molecule has 3 aromatic rings. The van der Waals surface area contributed by atoms with Crippen molar-refractivity contribution in [3.05, 3.63) is 17.5 Å². The highest BCUT2D eigenvalue weighted by molar-refractivity contribution is 7.26. The maximum Gasteiger partial charge on any atom is 0.147 e. The Labute approximate surface area is 169 Å². The van der Waals surface area contributed by atoms with Crippen molar-refractivity contribution < 1.29 is 4.74 Å². The van der Waals surface area contributed by atoms with Crippen LogP contribution in [0.1, 0.15) is 43.7 Å². The molecule has 2 aliphatic rings. The Bertz CT molecular complexity index is 996. The minimum atomic E-state index is 0.790. The van der Waals surface area contributed by atoms with Crippen LogP contribution in [-0.2, 0) is 17.6 Å². The van der Waals surface area contributed by atoms with Crippen LogP contribution in [0, 0.1) is 0 Å². The second kappa shape index (κ2) is 7.79. The van der Waals surface area contributed by atoms with E-state index in [1.807, 2.05) is 0 Å². The van der Waals surface area contributed by atoms with Crippen molar-refractivity contribution in [2.24, 2.45) is 0 Å². The zero-order chi connectivity index (χ0) is 18.9. The molecule has 0 unspecified atom stereocenters. The third kappa shape index (κ3) is 3.10. The van der Waals surface area contributed by atoms with E-state index in [0.29, 0.717) is 0 Å². The van der Waals surface area contributed by atoms with Crippen LogP contribution in [0.4, 0.5) is 11.6 Å². The van der Waals surface area contributed by atoms with Gasteiger partial charge in [0.05, 0.1) is 23.4 Å². The van der Waals surface area contributed by atoms with Crippen LogP contribution in [0.15, 0.2) is 6.33 Å². The quantitative estimate of drug-likeness (QED) is 0.630. The lowest BCUT2D eigenvalue weighted by Gasteiger charge is -2.29. The number of anilines is 2. The zero-order valence-electron chi connectivity index (χ0n) is 16.5. The van der Waals surface area contributed by atoms with Crippen molar-refractivity contribution in [1.82, 2.24) is 15.0 Å². The molecule has 0 amide bonds. The van der Waals surface area contributed by atoms with Crippen LogP contribution in [0.3, 0.4) is 0 Å². The van der Waals surface area contributed by atoms with Gasteiger partial charge in [-0.15, -0.1) is 11.3 Å². The molecule has 3 aromatic heterocycles. The fourth-order valence-electron chi connectivity index (χ4n) is 4.42. The van der Waals surface area contributed by atoms with E-state index in [1.54, 1.807) is 17.7 Å². The SMILES string of the molecule is CCCCCNc1ncnc2c1sc1nc(N3CCOCC3)c3c(c12)CCC3. The molecule has 1 fully saturated rings. The lowest BCUT2D eigenvalue weighted by molar-refractivity contribution is 0.122. The van der Waals surface area contributed by atoms with E-state index in [0.717, 1.165) is 66.6 Å². The fourth-order valence-corrected chi connectivity index (χ4v) is 5.54. The van der Waals surface area contributed by atoms with Crippen molar-refractivity contribution >= 4 is 43.4 Å². The normalized spacial score (nSPS) is 16.8. The number of fused-ring (bicyclic) bond motifs is 5. The standard InChI is InChI=1S/C21H27N5OS/c1-2-3-4-8-22-19-18-17(23-13-24-19)16-14-6-5-7-15(14)20(25-21(16)28-18)26-9-11-27-12-10-26/h13H,2-12H2,1H3,(H,22,23,24). The molecule has 0 atom stereocenters. The van der Waals surface area contributed by atoms with Gasteiger partial charge in [-0.05, 0) is 36.8 Å². The summed E-state index contributed by atoms with van der Waals surface area (Å²) in [4.78, 5) is 17.9. The highest BCUT2D eigenvalue weighted by Crippen LogP contribution is 2.43. The number of unbranched alkanes of at least 4 members (excludes halogenated alkanes) is 2. The van der Waals surface area contributed by atoms with Gasteiger partial charge in [0.2, 0.25) is 0 Å². The number of thiophene rings is 1. The van der Waals surface area contributed by atoms with Gasteiger partial charge in [0.25, 0.3) is 0 Å². The summed E-state index contributed by atoms with van der Waals surface area (Å²) in [5.74, 6) is 2.14. The molecule has 7 heteroatoms. The van der Waals surface area contributed by atoms with E-state index in [2.05, 4.69) is 27.1 Å². The summed E-state index contributed by atoms with van der Waals surface area (Å²) >= 11 is 1.74. The summed E-state index contributed by atoms with van der Waals surface area (Å²) in [5, 5.41) is 4.80. The first-order valence-corrected chi connectivity index (χ1v) is 11.3. The smallest absolute Gasteiger partial charge is 0.147 e. The molecule has 0 spiro atoms. The third-order valence-electron chi connectivity index (χ3n) is 5.83. The van der Waals surface area contributed by atoms with Gasteiger partial charge < -0.3 is 15.0 Å². The molecule has 0 radical (unpaired) electrons. The topological polar surface area (TPSA) is 63.2 Å². The summed E-state index contributed by atoms with van der Waals surface area (Å²) in [5.41, 5.74) is 3.98. The van der Waals surface area contributed by atoms with Crippen LogP contribution in [0.25, 0.3) is 20.4 Å². The molecule has 0 bridgehead atoms. The molecule has 0 aromatic carbocycles. The molecular weight excluding hydrogens is 370 g/mol. The second-order valence-corrected chi connectivity index (χ2v) is 8.66. The lowest BCUT2D eigenvalue weighted by atomic mass is 10.1. The van der Waals surface area contributed by atoms with Gasteiger partial charge >= 0.3 is 0 Å². The Morgan fingerprint density at radius 1 is 1.14 bits per heavy atom. The van der Waals surface area contributed by atoms with E-state index in [1.165, 1.54) is 48.0 Å². The number of pyridine rings is 1. The van der Waals surface area contributed by atoms with Crippen LogP contribution in [-0.4, -0.2) is 47.8 Å². The van der Waals surface area contributed by atoms with E-state index in [9.17, 15) is 0 Å². The van der Waals surface area contributed by atoms with Crippen LogP contribution in [0.5, 0.6) is 0 Å². The Morgan fingerprint density at radius 3 is 2.86 bits per heavy atom. The van der Waals surface area contributed by atoms with Gasteiger partial charge in [0, 0.05) is 25.0 Å². The average Bonchev–Trinajstić information content (AvgIpc) is 3.35. The molecular formula is C21H27N5OS. The number of aryl methyl sites for hydroxylation is 1. The van der Waals surface area contributed by atoms with Crippen molar-refractivity contribution in [2.75, 3.05) is 43.1 Å². The molecule has 1 aliphatic heterocycles. The number of hydrogen-bond donors (Lipinski definition) is 1. The van der Waals surface area contributed by atoms with E-state index < -0.39 is 0 Å². The monoisotopic (exact) mass is 397 g/mol. The maximum atomic E-state index is 5.55. The van der Waals surface area contributed by atoms with Crippen molar-refractivity contribution in [2.45, 2.75) is 45.4 Å². The fraction of sp³-hybridized carbons (Fsp3) is 0.571. The second-order valence-electron chi connectivity index (χ2n) is 7.66. The first-order chi connectivity index (χ1) is 13.9. The van der Waals surface area contributed by atoms with E-state index in [-0.39, 0.29) is 0 Å². The number of aromatic nitrogens is 3. The number of nitrogens with zero attached hydrogens (tertiary/aromatic N) is 4. The number of hydrogen-bond acceptors (Lipinski definition) is 7.